The zero-order valence-corrected chi connectivity index (χ0v) is 10.1. The van der Waals surface area contributed by atoms with E-state index in [0.717, 1.165) is 0 Å². The number of hydrogen-bond donors (Lipinski definition) is 4. The average molecular weight is 244 g/mol. The summed E-state index contributed by atoms with van der Waals surface area (Å²) in [5, 5.41) is 23.7. The summed E-state index contributed by atoms with van der Waals surface area (Å²) in [5.74, 6) is -1.50. The molecule has 1 rings (SSSR count). The van der Waals surface area contributed by atoms with E-state index in [2.05, 4.69) is 10.6 Å². The number of β-amino-alcohol motifs (C(OH)–C–C–N with tert-alkyl or cyclic N) is 1. The Morgan fingerprint density at radius 1 is 1.53 bits per heavy atom. The number of rotatable bonds is 5. The Morgan fingerprint density at radius 3 is 2.59 bits per heavy atom. The lowest BCUT2D eigenvalue weighted by atomic mass is 9.99. The largest absolute Gasteiger partial charge is 0.480 e. The molecule has 4 N–H and O–H groups in total. The zero-order chi connectivity index (χ0) is 13.0. The van der Waals surface area contributed by atoms with Crippen molar-refractivity contribution in [3.8, 4) is 0 Å². The molecule has 1 saturated heterocycles. The van der Waals surface area contributed by atoms with Crippen molar-refractivity contribution in [2.75, 3.05) is 6.54 Å². The van der Waals surface area contributed by atoms with E-state index in [4.69, 9.17) is 5.11 Å². The van der Waals surface area contributed by atoms with Crippen LogP contribution in [-0.4, -0.2) is 46.8 Å². The zero-order valence-electron chi connectivity index (χ0n) is 10.1. The standard InChI is InChI=1S/C11H20N2O4/c1-3-6(2)9(11(16)17)13-10(15)8-4-7(14)5-12-8/h6-9,12,14H,3-5H2,1-2H3,(H,13,15)(H,16,17)/t6-,7?,8?,9-/m0/s1. The van der Waals surface area contributed by atoms with Crippen LogP contribution in [0.2, 0.25) is 0 Å². The third kappa shape index (κ3) is 3.67. The first-order valence-corrected chi connectivity index (χ1v) is 5.90. The summed E-state index contributed by atoms with van der Waals surface area (Å²) in [7, 11) is 0. The molecule has 0 aliphatic carbocycles. The van der Waals surface area contributed by atoms with Crippen LogP contribution in [0.5, 0.6) is 0 Å². The fraction of sp³-hybridized carbons (Fsp3) is 0.818. The minimum absolute atomic E-state index is 0.122. The number of carbonyl (C=O) groups is 2. The van der Waals surface area contributed by atoms with Gasteiger partial charge in [0.25, 0.3) is 0 Å². The van der Waals surface area contributed by atoms with Gasteiger partial charge >= 0.3 is 5.97 Å². The van der Waals surface area contributed by atoms with E-state index in [1.165, 1.54) is 0 Å². The number of amides is 1. The molecule has 0 aromatic carbocycles. The predicted octanol–water partition coefficient (Wildman–Crippen LogP) is -0.675. The smallest absolute Gasteiger partial charge is 0.326 e. The molecule has 2 unspecified atom stereocenters. The van der Waals surface area contributed by atoms with E-state index >= 15 is 0 Å². The normalized spacial score (nSPS) is 27.5. The Kier molecular flexibility index (Phi) is 4.89. The second-order valence-electron chi connectivity index (χ2n) is 4.56. The monoisotopic (exact) mass is 244 g/mol. The summed E-state index contributed by atoms with van der Waals surface area (Å²) >= 11 is 0. The highest BCUT2D eigenvalue weighted by atomic mass is 16.4. The third-order valence-corrected chi connectivity index (χ3v) is 3.20. The Hall–Kier alpha value is -1.14. The van der Waals surface area contributed by atoms with Gasteiger partial charge in [-0.3, -0.25) is 4.79 Å². The van der Waals surface area contributed by atoms with Crippen molar-refractivity contribution >= 4 is 11.9 Å². The molecule has 1 aliphatic rings. The molecule has 6 nitrogen and oxygen atoms in total. The molecule has 1 aliphatic heterocycles. The topological polar surface area (TPSA) is 98.7 Å². The summed E-state index contributed by atoms with van der Waals surface area (Å²) in [5.41, 5.74) is 0. The van der Waals surface area contributed by atoms with Crippen molar-refractivity contribution in [1.82, 2.24) is 10.6 Å². The van der Waals surface area contributed by atoms with Crippen LogP contribution in [0.3, 0.4) is 0 Å². The lowest BCUT2D eigenvalue weighted by molar-refractivity contribution is -0.143. The summed E-state index contributed by atoms with van der Waals surface area (Å²) in [6.45, 7) is 4.04. The number of carbonyl (C=O) groups excluding carboxylic acids is 1. The van der Waals surface area contributed by atoms with Crippen molar-refractivity contribution < 1.29 is 19.8 Å². The van der Waals surface area contributed by atoms with Crippen LogP contribution in [-0.2, 0) is 9.59 Å². The van der Waals surface area contributed by atoms with Crippen molar-refractivity contribution in [2.24, 2.45) is 5.92 Å². The Bertz CT molecular complexity index is 295. The summed E-state index contributed by atoms with van der Waals surface area (Å²) in [4.78, 5) is 22.8. The van der Waals surface area contributed by atoms with Gasteiger partial charge < -0.3 is 20.8 Å². The van der Waals surface area contributed by atoms with Crippen LogP contribution in [0.1, 0.15) is 26.7 Å². The van der Waals surface area contributed by atoms with E-state index in [1.54, 1.807) is 6.92 Å². The maximum atomic E-state index is 11.8. The first kappa shape index (κ1) is 13.9. The quantitative estimate of drug-likeness (QED) is 0.514. The fourth-order valence-electron chi connectivity index (χ4n) is 1.85. The van der Waals surface area contributed by atoms with Gasteiger partial charge in [-0.2, -0.15) is 0 Å². The number of aliphatic hydroxyl groups is 1. The number of nitrogens with one attached hydrogen (secondary N) is 2. The van der Waals surface area contributed by atoms with Gasteiger partial charge in [-0.1, -0.05) is 20.3 Å². The minimum atomic E-state index is -1.02. The van der Waals surface area contributed by atoms with Crippen molar-refractivity contribution in [3.05, 3.63) is 0 Å². The van der Waals surface area contributed by atoms with E-state index in [9.17, 15) is 14.7 Å². The fourth-order valence-corrected chi connectivity index (χ4v) is 1.85. The predicted molar refractivity (Wildman–Crippen MR) is 61.4 cm³/mol. The van der Waals surface area contributed by atoms with Gasteiger partial charge in [-0.15, -0.1) is 0 Å². The molecular weight excluding hydrogens is 224 g/mol. The molecule has 0 aromatic heterocycles. The van der Waals surface area contributed by atoms with Crippen LogP contribution in [0, 0.1) is 5.92 Å². The van der Waals surface area contributed by atoms with Gasteiger partial charge in [0.1, 0.15) is 6.04 Å². The Morgan fingerprint density at radius 2 is 2.18 bits per heavy atom. The van der Waals surface area contributed by atoms with E-state index in [0.29, 0.717) is 19.4 Å². The van der Waals surface area contributed by atoms with Gasteiger partial charge in [-0.25, -0.2) is 4.79 Å². The average Bonchev–Trinajstić information content (AvgIpc) is 2.71. The van der Waals surface area contributed by atoms with Crippen molar-refractivity contribution in [3.63, 3.8) is 0 Å². The lowest BCUT2D eigenvalue weighted by Gasteiger charge is -2.22. The second kappa shape index (κ2) is 5.97. The number of carboxylic acid groups (broad SMARTS) is 1. The number of aliphatic carboxylic acids is 1. The van der Waals surface area contributed by atoms with Crippen molar-refractivity contribution in [1.29, 1.82) is 0 Å². The van der Waals surface area contributed by atoms with Gasteiger partial charge in [-0.05, 0) is 12.3 Å². The van der Waals surface area contributed by atoms with Crippen LogP contribution < -0.4 is 10.6 Å². The third-order valence-electron chi connectivity index (χ3n) is 3.20. The molecule has 4 atom stereocenters. The maximum Gasteiger partial charge on any atom is 0.326 e. The van der Waals surface area contributed by atoms with Crippen LogP contribution >= 0.6 is 0 Å². The molecule has 1 heterocycles. The number of carboxylic acids is 1. The molecule has 17 heavy (non-hydrogen) atoms. The Balaban J connectivity index is 2.55. The highest BCUT2D eigenvalue weighted by Gasteiger charge is 2.32. The van der Waals surface area contributed by atoms with Crippen molar-refractivity contribution in [2.45, 2.75) is 44.9 Å². The number of hydrogen-bond acceptors (Lipinski definition) is 4. The molecule has 98 valence electrons. The molecule has 0 radical (unpaired) electrons. The number of aliphatic hydroxyl groups excluding tert-OH is 1. The van der Waals surface area contributed by atoms with Crippen LogP contribution in [0.4, 0.5) is 0 Å². The molecule has 0 bridgehead atoms. The van der Waals surface area contributed by atoms with E-state index < -0.39 is 24.2 Å². The van der Waals surface area contributed by atoms with Crippen LogP contribution in [0.25, 0.3) is 0 Å². The van der Waals surface area contributed by atoms with Gasteiger partial charge in [0.2, 0.25) is 5.91 Å². The van der Waals surface area contributed by atoms with Gasteiger partial charge in [0, 0.05) is 6.54 Å². The summed E-state index contributed by atoms with van der Waals surface area (Å²) < 4.78 is 0. The minimum Gasteiger partial charge on any atom is -0.480 e. The molecule has 0 aromatic rings. The van der Waals surface area contributed by atoms with E-state index in [1.807, 2.05) is 6.92 Å². The van der Waals surface area contributed by atoms with E-state index in [-0.39, 0.29) is 11.8 Å². The SMILES string of the molecule is CC[C@H](C)[C@H](NC(=O)C1CC(O)CN1)C(=O)O. The second-order valence-corrected chi connectivity index (χ2v) is 4.56. The Labute approximate surface area is 100 Å². The molecule has 0 saturated carbocycles. The lowest BCUT2D eigenvalue weighted by Crippen LogP contribution is -2.50. The molecule has 1 amide bonds. The highest BCUT2D eigenvalue weighted by Crippen LogP contribution is 2.11. The molecule has 1 fully saturated rings. The first-order chi connectivity index (χ1) is 7.95. The van der Waals surface area contributed by atoms with Crippen LogP contribution in [0.15, 0.2) is 0 Å². The molecular formula is C11H20N2O4. The first-order valence-electron chi connectivity index (χ1n) is 5.90. The van der Waals surface area contributed by atoms with Gasteiger partial charge in [0.05, 0.1) is 12.1 Å². The molecule has 6 heteroatoms. The summed E-state index contributed by atoms with van der Waals surface area (Å²) in [6, 6.07) is -1.36. The highest BCUT2D eigenvalue weighted by molar-refractivity contribution is 5.87. The maximum absolute atomic E-state index is 11.8. The molecule has 0 spiro atoms. The van der Waals surface area contributed by atoms with Gasteiger partial charge in [0.15, 0.2) is 0 Å². The summed E-state index contributed by atoms with van der Waals surface area (Å²) in [6.07, 6.45) is 0.481.